The van der Waals surface area contributed by atoms with Crippen LogP contribution in [0.3, 0.4) is 0 Å². The Labute approximate surface area is 136 Å². The molecule has 2 aromatic rings. The number of hydrogen-bond acceptors (Lipinski definition) is 2. The Kier molecular flexibility index (Phi) is 5.10. The van der Waals surface area contributed by atoms with Crippen LogP contribution in [-0.2, 0) is 4.79 Å². The molecule has 3 N–H and O–H groups in total. The third kappa shape index (κ3) is 4.16. The maximum absolute atomic E-state index is 12.2. The molecule has 2 rings (SSSR count). The molecule has 21 heavy (non-hydrogen) atoms. The summed E-state index contributed by atoms with van der Waals surface area (Å²) in [5.74, 6) is -1.04. The van der Waals surface area contributed by atoms with Crippen LogP contribution in [0.2, 0.25) is 0 Å². The monoisotopic (exact) mass is 392 g/mol. The van der Waals surface area contributed by atoms with E-state index in [0.29, 0.717) is 5.56 Å². The lowest BCUT2D eigenvalue weighted by Crippen LogP contribution is -2.31. The topological polar surface area (TPSA) is 72.2 Å². The van der Waals surface area contributed by atoms with Gasteiger partial charge in [0.05, 0.1) is 5.56 Å². The van der Waals surface area contributed by atoms with Gasteiger partial charge >= 0.3 is 0 Å². The highest BCUT2D eigenvalue weighted by Gasteiger charge is 2.13. The van der Waals surface area contributed by atoms with Crippen LogP contribution in [0, 0.1) is 3.57 Å². The second-order valence-corrected chi connectivity index (χ2v) is 5.43. The van der Waals surface area contributed by atoms with Crippen LogP contribution in [0.25, 0.3) is 6.08 Å². The van der Waals surface area contributed by atoms with E-state index in [1.807, 2.05) is 42.5 Å². The van der Waals surface area contributed by atoms with Gasteiger partial charge in [-0.25, -0.2) is 0 Å². The molecule has 0 heterocycles. The molecule has 0 fully saturated rings. The van der Waals surface area contributed by atoms with Crippen molar-refractivity contribution < 1.29 is 9.59 Å². The zero-order valence-electron chi connectivity index (χ0n) is 11.0. The molecule has 0 spiro atoms. The largest absolute Gasteiger partial charge is 0.364 e. The minimum atomic E-state index is -0.682. The zero-order chi connectivity index (χ0) is 15.2. The van der Waals surface area contributed by atoms with Crippen molar-refractivity contribution in [3.8, 4) is 0 Å². The second kappa shape index (κ2) is 7.03. The van der Waals surface area contributed by atoms with E-state index in [2.05, 4.69) is 27.9 Å². The fourth-order valence-corrected chi connectivity index (χ4v) is 2.35. The first-order valence-electron chi connectivity index (χ1n) is 6.20. The SMILES string of the molecule is NC(=O)/C(=C/c1ccccc1)NC(=O)c1ccccc1I. The second-order valence-electron chi connectivity index (χ2n) is 4.27. The van der Waals surface area contributed by atoms with Gasteiger partial charge in [-0.2, -0.15) is 0 Å². The number of nitrogens with two attached hydrogens (primary N) is 1. The molecule has 0 saturated carbocycles. The normalized spacial score (nSPS) is 11.0. The van der Waals surface area contributed by atoms with Gasteiger partial charge in [-0.3, -0.25) is 9.59 Å². The van der Waals surface area contributed by atoms with Crippen molar-refractivity contribution in [2.75, 3.05) is 0 Å². The van der Waals surface area contributed by atoms with Crippen molar-refractivity contribution in [1.82, 2.24) is 5.32 Å². The predicted octanol–water partition coefficient (Wildman–Crippen LogP) is 2.55. The molecule has 0 saturated heterocycles. The molecule has 0 aromatic heterocycles. The third-order valence-corrected chi connectivity index (χ3v) is 3.68. The molecule has 0 bridgehead atoms. The average Bonchev–Trinajstić information content (AvgIpc) is 2.48. The van der Waals surface area contributed by atoms with Gasteiger partial charge in [0, 0.05) is 3.57 Å². The van der Waals surface area contributed by atoms with Crippen LogP contribution in [-0.4, -0.2) is 11.8 Å². The zero-order valence-corrected chi connectivity index (χ0v) is 13.2. The summed E-state index contributed by atoms with van der Waals surface area (Å²) in [5, 5.41) is 2.56. The minimum absolute atomic E-state index is 0.0610. The van der Waals surface area contributed by atoms with Crippen molar-refractivity contribution in [3.63, 3.8) is 0 Å². The third-order valence-electron chi connectivity index (χ3n) is 2.74. The number of halogens is 1. The quantitative estimate of drug-likeness (QED) is 0.620. The molecular formula is C16H13IN2O2. The summed E-state index contributed by atoms with van der Waals surface area (Å²) >= 11 is 2.07. The molecule has 0 aliphatic carbocycles. The summed E-state index contributed by atoms with van der Waals surface area (Å²) in [5.41, 5.74) is 6.67. The first-order valence-corrected chi connectivity index (χ1v) is 7.28. The molecule has 0 unspecified atom stereocenters. The highest BCUT2D eigenvalue weighted by Crippen LogP contribution is 2.12. The van der Waals surface area contributed by atoms with E-state index in [1.165, 1.54) is 0 Å². The van der Waals surface area contributed by atoms with Crippen LogP contribution in [0.5, 0.6) is 0 Å². The maximum Gasteiger partial charge on any atom is 0.265 e. The van der Waals surface area contributed by atoms with E-state index in [9.17, 15) is 9.59 Å². The molecule has 0 aliphatic rings. The van der Waals surface area contributed by atoms with Gasteiger partial charge in [-0.1, -0.05) is 42.5 Å². The van der Waals surface area contributed by atoms with Gasteiger partial charge in [0.15, 0.2) is 0 Å². The van der Waals surface area contributed by atoms with E-state index in [1.54, 1.807) is 18.2 Å². The fraction of sp³-hybridized carbons (Fsp3) is 0. The number of carbonyl (C=O) groups excluding carboxylic acids is 2. The van der Waals surface area contributed by atoms with Crippen LogP contribution >= 0.6 is 22.6 Å². The number of rotatable bonds is 4. The number of primary amides is 1. The average molecular weight is 392 g/mol. The Morgan fingerprint density at radius 2 is 1.62 bits per heavy atom. The van der Waals surface area contributed by atoms with E-state index >= 15 is 0 Å². The van der Waals surface area contributed by atoms with Gasteiger partial charge in [-0.15, -0.1) is 0 Å². The summed E-state index contributed by atoms with van der Waals surface area (Å²) in [4.78, 5) is 23.7. The van der Waals surface area contributed by atoms with Gasteiger partial charge in [0.2, 0.25) is 0 Å². The van der Waals surface area contributed by atoms with E-state index < -0.39 is 5.91 Å². The Hall–Kier alpha value is -2.15. The molecule has 2 amide bonds. The van der Waals surface area contributed by atoms with Crippen LogP contribution in [0.15, 0.2) is 60.3 Å². The number of amides is 2. The summed E-state index contributed by atoms with van der Waals surface area (Å²) < 4.78 is 0.802. The molecule has 106 valence electrons. The highest BCUT2D eigenvalue weighted by atomic mass is 127. The number of benzene rings is 2. The Morgan fingerprint density at radius 3 is 2.24 bits per heavy atom. The molecule has 0 aliphatic heterocycles. The fourth-order valence-electron chi connectivity index (χ4n) is 1.72. The Balaban J connectivity index is 2.26. The molecule has 0 atom stereocenters. The summed E-state index contributed by atoms with van der Waals surface area (Å²) in [6.45, 7) is 0. The summed E-state index contributed by atoms with van der Waals surface area (Å²) in [6.07, 6.45) is 1.55. The Morgan fingerprint density at radius 1 is 1.00 bits per heavy atom. The summed E-state index contributed by atoms with van der Waals surface area (Å²) in [6, 6.07) is 16.3. The van der Waals surface area contributed by atoms with Crippen LogP contribution < -0.4 is 11.1 Å². The van der Waals surface area contributed by atoms with Gasteiger partial charge in [0.1, 0.15) is 5.70 Å². The lowest BCUT2D eigenvalue weighted by atomic mass is 10.1. The van der Waals surface area contributed by atoms with Crippen molar-refractivity contribution in [3.05, 3.63) is 75.0 Å². The summed E-state index contributed by atoms with van der Waals surface area (Å²) in [7, 11) is 0. The number of nitrogens with one attached hydrogen (secondary N) is 1. The smallest absolute Gasteiger partial charge is 0.265 e. The standard InChI is InChI=1S/C16H13IN2O2/c17-13-9-5-4-8-12(13)16(21)19-14(15(18)20)10-11-6-2-1-3-7-11/h1-10H,(H2,18,20)(H,19,21)/b14-10-. The number of hydrogen-bond donors (Lipinski definition) is 2. The van der Waals surface area contributed by atoms with Gasteiger partial charge in [0.25, 0.3) is 11.8 Å². The van der Waals surface area contributed by atoms with Gasteiger partial charge < -0.3 is 11.1 Å². The molecule has 0 radical (unpaired) electrons. The molecule has 4 nitrogen and oxygen atoms in total. The van der Waals surface area contributed by atoms with Crippen LogP contribution in [0.1, 0.15) is 15.9 Å². The van der Waals surface area contributed by atoms with Gasteiger partial charge in [-0.05, 0) is 46.4 Å². The number of carbonyl (C=O) groups is 2. The van der Waals surface area contributed by atoms with E-state index in [4.69, 9.17) is 5.73 Å². The van der Waals surface area contributed by atoms with Crippen molar-refractivity contribution in [1.29, 1.82) is 0 Å². The van der Waals surface area contributed by atoms with E-state index in [-0.39, 0.29) is 11.6 Å². The first-order chi connectivity index (χ1) is 10.1. The van der Waals surface area contributed by atoms with Crippen molar-refractivity contribution >= 4 is 40.5 Å². The van der Waals surface area contributed by atoms with Crippen molar-refractivity contribution in [2.24, 2.45) is 5.73 Å². The van der Waals surface area contributed by atoms with Crippen LogP contribution in [0.4, 0.5) is 0 Å². The molecule has 5 heteroatoms. The lowest BCUT2D eigenvalue weighted by Gasteiger charge is -2.08. The predicted molar refractivity (Wildman–Crippen MR) is 90.2 cm³/mol. The maximum atomic E-state index is 12.2. The molecule has 2 aromatic carbocycles. The van der Waals surface area contributed by atoms with E-state index in [0.717, 1.165) is 9.13 Å². The Bertz CT molecular complexity index is 696. The minimum Gasteiger partial charge on any atom is -0.364 e. The van der Waals surface area contributed by atoms with Crippen molar-refractivity contribution in [2.45, 2.75) is 0 Å². The highest BCUT2D eigenvalue weighted by molar-refractivity contribution is 14.1. The molecular weight excluding hydrogens is 379 g/mol. The first kappa shape index (κ1) is 15.2. The lowest BCUT2D eigenvalue weighted by molar-refractivity contribution is -0.114.